The molecule has 0 aromatic heterocycles. The first-order chi connectivity index (χ1) is 5.23. The third-order valence-electron chi connectivity index (χ3n) is 3.33. The van der Waals surface area contributed by atoms with Gasteiger partial charge in [0, 0.05) is 5.41 Å². The van der Waals surface area contributed by atoms with Crippen LogP contribution in [0.1, 0.15) is 45.4 Å². The number of carbonyl (C=O) groups is 1. The molecule has 62 valence electrons. The van der Waals surface area contributed by atoms with Crippen molar-refractivity contribution in [2.24, 2.45) is 11.3 Å². The molecule has 0 spiro atoms. The van der Waals surface area contributed by atoms with E-state index in [0.29, 0.717) is 5.78 Å². The molecular formula is C10H16O. The monoisotopic (exact) mass is 152 g/mol. The number of rotatable bonds is 4. The fraction of sp³-hybridized carbons (Fsp3) is 0.900. The normalized spacial score (nSPS) is 26.6. The van der Waals surface area contributed by atoms with E-state index in [1.54, 1.807) is 6.92 Å². The molecule has 0 heterocycles. The van der Waals surface area contributed by atoms with Crippen molar-refractivity contribution in [3.63, 3.8) is 0 Å². The molecule has 2 aliphatic rings. The van der Waals surface area contributed by atoms with E-state index in [0.717, 1.165) is 5.92 Å². The Morgan fingerprint density at radius 3 is 2.45 bits per heavy atom. The van der Waals surface area contributed by atoms with Crippen molar-refractivity contribution in [1.82, 2.24) is 0 Å². The minimum atomic E-state index is 0.183. The van der Waals surface area contributed by atoms with Gasteiger partial charge in [0.15, 0.2) is 0 Å². The Hall–Kier alpha value is -0.330. The van der Waals surface area contributed by atoms with Crippen molar-refractivity contribution >= 4 is 5.78 Å². The molecule has 0 aromatic rings. The Morgan fingerprint density at radius 1 is 1.45 bits per heavy atom. The van der Waals surface area contributed by atoms with Crippen molar-refractivity contribution in [3.8, 4) is 0 Å². The van der Waals surface area contributed by atoms with Gasteiger partial charge in [0.05, 0.1) is 0 Å². The third kappa shape index (κ3) is 1.47. The Bertz CT molecular complexity index is 175. The third-order valence-corrected chi connectivity index (χ3v) is 3.33. The molecule has 0 amide bonds. The highest BCUT2D eigenvalue weighted by Gasteiger charge is 2.47. The molecule has 0 aromatic carbocycles. The summed E-state index contributed by atoms with van der Waals surface area (Å²) in [7, 11) is 0. The van der Waals surface area contributed by atoms with E-state index in [2.05, 4.69) is 0 Å². The number of Topliss-reactive ketones (excluding diaryl/α,β-unsaturated/α-hetero) is 1. The Balaban J connectivity index is 1.79. The lowest BCUT2D eigenvalue weighted by molar-refractivity contribution is -0.122. The van der Waals surface area contributed by atoms with Crippen LogP contribution in [-0.4, -0.2) is 5.78 Å². The summed E-state index contributed by atoms with van der Waals surface area (Å²) in [5.41, 5.74) is 0.183. The van der Waals surface area contributed by atoms with Crippen molar-refractivity contribution in [1.29, 1.82) is 0 Å². The highest BCUT2D eigenvalue weighted by Crippen LogP contribution is 2.52. The predicted molar refractivity (Wildman–Crippen MR) is 44.3 cm³/mol. The van der Waals surface area contributed by atoms with Crippen LogP contribution in [-0.2, 0) is 4.79 Å². The quantitative estimate of drug-likeness (QED) is 0.605. The summed E-state index contributed by atoms with van der Waals surface area (Å²) in [6.07, 6.45) is 7.71. The zero-order valence-electron chi connectivity index (χ0n) is 7.23. The number of ketones is 1. The first kappa shape index (κ1) is 7.33. The van der Waals surface area contributed by atoms with Gasteiger partial charge >= 0.3 is 0 Å². The molecule has 2 saturated carbocycles. The summed E-state index contributed by atoms with van der Waals surface area (Å²) < 4.78 is 0. The van der Waals surface area contributed by atoms with E-state index >= 15 is 0 Å². The summed E-state index contributed by atoms with van der Waals surface area (Å²) in [4.78, 5) is 11.2. The largest absolute Gasteiger partial charge is 0.299 e. The van der Waals surface area contributed by atoms with Crippen molar-refractivity contribution in [2.75, 3.05) is 0 Å². The van der Waals surface area contributed by atoms with Crippen LogP contribution in [0.3, 0.4) is 0 Å². The molecule has 2 rings (SSSR count). The number of hydrogen-bond donors (Lipinski definition) is 0. The second kappa shape index (κ2) is 2.33. The van der Waals surface area contributed by atoms with Crippen LogP contribution >= 0.6 is 0 Å². The van der Waals surface area contributed by atoms with Gasteiger partial charge in [-0.25, -0.2) is 0 Å². The van der Waals surface area contributed by atoms with E-state index in [4.69, 9.17) is 0 Å². The van der Waals surface area contributed by atoms with Gasteiger partial charge in [-0.15, -0.1) is 0 Å². The van der Waals surface area contributed by atoms with Crippen molar-refractivity contribution < 1.29 is 4.79 Å². The average molecular weight is 152 g/mol. The average Bonchev–Trinajstić information content (AvgIpc) is 2.82. The summed E-state index contributed by atoms with van der Waals surface area (Å²) >= 11 is 0. The van der Waals surface area contributed by atoms with Gasteiger partial charge in [0.2, 0.25) is 0 Å². The molecule has 1 heteroatoms. The summed E-state index contributed by atoms with van der Waals surface area (Å²) in [6, 6.07) is 0. The van der Waals surface area contributed by atoms with Gasteiger partial charge in [-0.3, -0.25) is 4.79 Å². The van der Waals surface area contributed by atoms with Crippen LogP contribution in [0.5, 0.6) is 0 Å². The SMILES string of the molecule is CC(=O)C1(CCC2CC2)CC1. The fourth-order valence-corrected chi connectivity index (χ4v) is 1.82. The van der Waals surface area contributed by atoms with Crippen LogP contribution < -0.4 is 0 Å². The highest BCUT2D eigenvalue weighted by molar-refractivity contribution is 5.84. The maximum Gasteiger partial charge on any atom is 0.135 e. The molecule has 0 N–H and O–H groups in total. The summed E-state index contributed by atoms with van der Waals surface area (Å²) in [5, 5.41) is 0. The van der Waals surface area contributed by atoms with Gasteiger partial charge in [0.1, 0.15) is 5.78 Å². The molecule has 0 radical (unpaired) electrons. The molecule has 2 aliphatic carbocycles. The lowest BCUT2D eigenvalue weighted by Gasteiger charge is -2.09. The molecule has 0 saturated heterocycles. The second-order valence-electron chi connectivity index (χ2n) is 4.32. The zero-order chi connectivity index (χ0) is 7.90. The predicted octanol–water partition coefficient (Wildman–Crippen LogP) is 2.55. The molecule has 0 bridgehead atoms. The molecule has 1 nitrogen and oxygen atoms in total. The van der Waals surface area contributed by atoms with Crippen LogP contribution in [0.25, 0.3) is 0 Å². The molecule has 2 fully saturated rings. The van der Waals surface area contributed by atoms with E-state index in [9.17, 15) is 4.79 Å². The molecule has 0 unspecified atom stereocenters. The van der Waals surface area contributed by atoms with Crippen molar-refractivity contribution in [3.05, 3.63) is 0 Å². The summed E-state index contributed by atoms with van der Waals surface area (Å²) in [6.45, 7) is 1.76. The van der Waals surface area contributed by atoms with E-state index in [-0.39, 0.29) is 5.41 Å². The first-order valence-corrected chi connectivity index (χ1v) is 4.74. The lowest BCUT2D eigenvalue weighted by Crippen LogP contribution is -2.11. The minimum absolute atomic E-state index is 0.183. The zero-order valence-corrected chi connectivity index (χ0v) is 7.23. The maximum absolute atomic E-state index is 11.2. The van der Waals surface area contributed by atoms with Gasteiger partial charge in [-0.2, -0.15) is 0 Å². The molecular weight excluding hydrogens is 136 g/mol. The molecule has 11 heavy (non-hydrogen) atoms. The van der Waals surface area contributed by atoms with Crippen molar-refractivity contribution in [2.45, 2.75) is 45.4 Å². The lowest BCUT2D eigenvalue weighted by atomic mass is 9.94. The topological polar surface area (TPSA) is 17.1 Å². The highest BCUT2D eigenvalue weighted by atomic mass is 16.1. The van der Waals surface area contributed by atoms with Crippen LogP contribution in [0.2, 0.25) is 0 Å². The molecule has 0 atom stereocenters. The van der Waals surface area contributed by atoms with Crippen LogP contribution in [0.4, 0.5) is 0 Å². The second-order valence-corrected chi connectivity index (χ2v) is 4.32. The number of hydrogen-bond acceptors (Lipinski definition) is 1. The Morgan fingerprint density at radius 2 is 2.09 bits per heavy atom. The maximum atomic E-state index is 11.2. The fourth-order valence-electron chi connectivity index (χ4n) is 1.82. The van der Waals surface area contributed by atoms with Gasteiger partial charge in [0.25, 0.3) is 0 Å². The first-order valence-electron chi connectivity index (χ1n) is 4.74. The van der Waals surface area contributed by atoms with E-state index in [1.807, 2.05) is 0 Å². The Labute approximate surface area is 68.2 Å². The smallest absolute Gasteiger partial charge is 0.135 e. The van der Waals surface area contributed by atoms with Crippen LogP contribution in [0.15, 0.2) is 0 Å². The number of carbonyl (C=O) groups excluding carboxylic acids is 1. The van der Waals surface area contributed by atoms with Crippen LogP contribution in [0, 0.1) is 11.3 Å². The van der Waals surface area contributed by atoms with E-state index in [1.165, 1.54) is 38.5 Å². The van der Waals surface area contributed by atoms with Gasteiger partial charge in [-0.1, -0.05) is 12.8 Å². The molecule has 0 aliphatic heterocycles. The Kier molecular flexibility index (Phi) is 1.55. The van der Waals surface area contributed by atoms with Gasteiger partial charge in [-0.05, 0) is 38.5 Å². The summed E-state index contributed by atoms with van der Waals surface area (Å²) in [5.74, 6) is 1.44. The van der Waals surface area contributed by atoms with E-state index < -0.39 is 0 Å². The standard InChI is InChI=1S/C10H16O/c1-8(11)10(6-7-10)5-4-9-2-3-9/h9H,2-7H2,1H3. The van der Waals surface area contributed by atoms with Gasteiger partial charge < -0.3 is 0 Å². The minimum Gasteiger partial charge on any atom is -0.299 e.